The van der Waals surface area contributed by atoms with Crippen LogP contribution >= 0.6 is 0 Å². The lowest BCUT2D eigenvalue weighted by atomic mass is 10.1. The van der Waals surface area contributed by atoms with Crippen molar-refractivity contribution < 1.29 is 17.6 Å². The van der Waals surface area contributed by atoms with Crippen LogP contribution in [0.3, 0.4) is 0 Å². The minimum absolute atomic E-state index is 0.217. The van der Waals surface area contributed by atoms with Gasteiger partial charge in [-0.05, 0) is 32.0 Å². The first kappa shape index (κ1) is 14.1. The van der Waals surface area contributed by atoms with Gasteiger partial charge in [-0.25, -0.2) is 4.39 Å². The van der Waals surface area contributed by atoms with Gasteiger partial charge in [-0.3, -0.25) is 0 Å². The summed E-state index contributed by atoms with van der Waals surface area (Å²) in [5, 5.41) is 3.31. The van der Waals surface area contributed by atoms with Crippen molar-refractivity contribution in [3.63, 3.8) is 0 Å². The standard InChI is InChI=1S/C13H16F4N2/c1-8-6-19(7-9(2)18-8)10-3-4-11(12(14)5-10)13(15,16)17/h3-5,8-9,18H,6-7H2,1-2H3. The van der Waals surface area contributed by atoms with Gasteiger partial charge in [0, 0.05) is 30.9 Å². The Morgan fingerprint density at radius 2 is 1.74 bits per heavy atom. The third-order valence-electron chi connectivity index (χ3n) is 3.18. The minimum Gasteiger partial charge on any atom is -0.368 e. The van der Waals surface area contributed by atoms with Crippen molar-refractivity contribution in [2.75, 3.05) is 18.0 Å². The van der Waals surface area contributed by atoms with Gasteiger partial charge in [0.2, 0.25) is 0 Å². The number of rotatable bonds is 1. The largest absolute Gasteiger partial charge is 0.419 e. The highest BCUT2D eigenvalue weighted by Crippen LogP contribution is 2.33. The third-order valence-corrected chi connectivity index (χ3v) is 3.18. The van der Waals surface area contributed by atoms with Gasteiger partial charge in [0.15, 0.2) is 0 Å². The van der Waals surface area contributed by atoms with Crippen LogP contribution in [0, 0.1) is 5.82 Å². The van der Waals surface area contributed by atoms with Crippen LogP contribution in [-0.4, -0.2) is 25.2 Å². The summed E-state index contributed by atoms with van der Waals surface area (Å²) in [5.74, 6) is -1.22. The fourth-order valence-corrected chi connectivity index (χ4v) is 2.47. The van der Waals surface area contributed by atoms with Crippen LogP contribution in [0.5, 0.6) is 0 Å². The maximum atomic E-state index is 13.5. The predicted octanol–water partition coefficient (Wildman–Crippen LogP) is 3.03. The van der Waals surface area contributed by atoms with Gasteiger partial charge in [0.05, 0.1) is 5.56 Å². The van der Waals surface area contributed by atoms with Crippen molar-refractivity contribution in [3.8, 4) is 0 Å². The van der Waals surface area contributed by atoms with Crippen LogP contribution in [-0.2, 0) is 6.18 Å². The van der Waals surface area contributed by atoms with Gasteiger partial charge in [-0.2, -0.15) is 13.2 Å². The minimum atomic E-state index is -4.65. The average Bonchev–Trinajstić information content (AvgIpc) is 2.25. The van der Waals surface area contributed by atoms with Crippen molar-refractivity contribution in [2.45, 2.75) is 32.1 Å². The Labute approximate surface area is 109 Å². The highest BCUT2D eigenvalue weighted by atomic mass is 19.4. The quantitative estimate of drug-likeness (QED) is 0.793. The van der Waals surface area contributed by atoms with Crippen LogP contribution in [0.15, 0.2) is 18.2 Å². The summed E-state index contributed by atoms with van der Waals surface area (Å²) in [6.45, 7) is 5.27. The Morgan fingerprint density at radius 1 is 1.16 bits per heavy atom. The molecule has 1 N–H and O–H groups in total. The van der Waals surface area contributed by atoms with E-state index in [1.54, 1.807) is 0 Å². The van der Waals surface area contributed by atoms with E-state index in [-0.39, 0.29) is 12.1 Å². The lowest BCUT2D eigenvalue weighted by molar-refractivity contribution is -0.139. The highest BCUT2D eigenvalue weighted by Gasteiger charge is 2.34. The molecule has 1 aromatic rings. The van der Waals surface area contributed by atoms with Gasteiger partial charge in [0.25, 0.3) is 0 Å². The van der Waals surface area contributed by atoms with E-state index in [2.05, 4.69) is 5.32 Å². The predicted molar refractivity (Wildman–Crippen MR) is 65.7 cm³/mol. The molecule has 0 spiro atoms. The molecular weight excluding hydrogens is 260 g/mol. The molecule has 2 unspecified atom stereocenters. The Balaban J connectivity index is 2.25. The summed E-state index contributed by atoms with van der Waals surface area (Å²) in [7, 11) is 0. The average molecular weight is 276 g/mol. The smallest absolute Gasteiger partial charge is 0.368 e. The lowest BCUT2D eigenvalue weighted by Crippen LogP contribution is -2.54. The van der Waals surface area contributed by atoms with E-state index >= 15 is 0 Å². The van der Waals surface area contributed by atoms with E-state index in [9.17, 15) is 17.6 Å². The molecule has 2 nitrogen and oxygen atoms in total. The molecule has 0 aromatic heterocycles. The first-order valence-electron chi connectivity index (χ1n) is 6.15. The summed E-state index contributed by atoms with van der Waals surface area (Å²) in [6.07, 6.45) is -4.65. The van der Waals surface area contributed by atoms with Crippen molar-refractivity contribution in [1.29, 1.82) is 0 Å². The molecule has 0 radical (unpaired) electrons. The monoisotopic (exact) mass is 276 g/mol. The Kier molecular flexibility index (Phi) is 3.71. The topological polar surface area (TPSA) is 15.3 Å². The van der Waals surface area contributed by atoms with Crippen molar-refractivity contribution in [2.24, 2.45) is 0 Å². The zero-order valence-electron chi connectivity index (χ0n) is 10.8. The number of benzene rings is 1. The summed E-state index contributed by atoms with van der Waals surface area (Å²) >= 11 is 0. The number of anilines is 1. The molecule has 1 aliphatic rings. The van der Waals surface area contributed by atoms with Crippen molar-refractivity contribution in [1.82, 2.24) is 5.32 Å². The molecule has 1 fully saturated rings. The van der Waals surface area contributed by atoms with Crippen LogP contribution < -0.4 is 10.2 Å². The second-order valence-electron chi connectivity index (χ2n) is 5.04. The molecule has 0 amide bonds. The van der Waals surface area contributed by atoms with E-state index in [4.69, 9.17) is 0 Å². The van der Waals surface area contributed by atoms with Crippen molar-refractivity contribution in [3.05, 3.63) is 29.6 Å². The van der Waals surface area contributed by atoms with Crippen molar-refractivity contribution >= 4 is 5.69 Å². The molecule has 1 aliphatic heterocycles. The number of halogens is 4. The molecule has 106 valence electrons. The Hall–Kier alpha value is -1.30. The molecule has 2 rings (SSSR count). The molecule has 19 heavy (non-hydrogen) atoms. The number of nitrogens with zero attached hydrogens (tertiary/aromatic N) is 1. The second-order valence-corrected chi connectivity index (χ2v) is 5.04. The lowest BCUT2D eigenvalue weighted by Gasteiger charge is -2.37. The normalized spacial score (nSPS) is 24.6. The maximum absolute atomic E-state index is 13.5. The fraction of sp³-hybridized carbons (Fsp3) is 0.538. The van der Waals surface area contributed by atoms with E-state index in [0.29, 0.717) is 18.8 Å². The van der Waals surface area contributed by atoms with Gasteiger partial charge < -0.3 is 10.2 Å². The fourth-order valence-electron chi connectivity index (χ4n) is 2.47. The van der Waals surface area contributed by atoms with Gasteiger partial charge in [0.1, 0.15) is 5.82 Å². The molecular formula is C13H16F4N2. The first-order valence-corrected chi connectivity index (χ1v) is 6.15. The first-order chi connectivity index (χ1) is 8.77. The maximum Gasteiger partial charge on any atom is 0.419 e. The number of nitrogens with one attached hydrogen (secondary N) is 1. The van der Waals surface area contributed by atoms with E-state index in [0.717, 1.165) is 12.1 Å². The summed E-state index contributed by atoms with van der Waals surface area (Å²) in [4.78, 5) is 1.90. The second kappa shape index (κ2) is 5.00. The molecule has 0 aliphatic carbocycles. The van der Waals surface area contributed by atoms with E-state index in [1.807, 2.05) is 18.7 Å². The Morgan fingerprint density at radius 3 is 2.21 bits per heavy atom. The summed E-state index contributed by atoms with van der Waals surface area (Å²) in [5.41, 5.74) is -0.724. The molecule has 1 heterocycles. The summed E-state index contributed by atoms with van der Waals surface area (Å²) in [6, 6.07) is 3.54. The molecule has 1 saturated heterocycles. The van der Waals surface area contributed by atoms with Gasteiger partial charge >= 0.3 is 6.18 Å². The Bertz CT molecular complexity index is 448. The van der Waals surface area contributed by atoms with Crippen LogP contribution in [0.1, 0.15) is 19.4 Å². The van der Waals surface area contributed by atoms with Gasteiger partial charge in [-0.1, -0.05) is 0 Å². The number of alkyl halides is 3. The van der Waals surface area contributed by atoms with Gasteiger partial charge in [-0.15, -0.1) is 0 Å². The van der Waals surface area contributed by atoms with Crippen LogP contribution in [0.2, 0.25) is 0 Å². The zero-order valence-corrected chi connectivity index (χ0v) is 10.8. The highest BCUT2D eigenvalue weighted by molar-refractivity contribution is 5.49. The SMILES string of the molecule is CC1CN(c2ccc(C(F)(F)F)c(F)c2)CC(C)N1. The molecule has 2 atom stereocenters. The van der Waals surface area contributed by atoms with Crippen LogP contribution in [0.25, 0.3) is 0 Å². The number of hydrogen-bond acceptors (Lipinski definition) is 2. The molecule has 0 bridgehead atoms. The summed E-state index contributed by atoms with van der Waals surface area (Å²) < 4.78 is 51.0. The van der Waals surface area contributed by atoms with E-state index in [1.165, 1.54) is 6.07 Å². The van der Waals surface area contributed by atoms with Crippen LogP contribution in [0.4, 0.5) is 23.2 Å². The number of hydrogen-bond donors (Lipinski definition) is 1. The molecule has 1 aromatic carbocycles. The third kappa shape index (κ3) is 3.18. The molecule has 6 heteroatoms. The number of piperazine rings is 1. The zero-order chi connectivity index (χ0) is 14.2. The van der Waals surface area contributed by atoms with E-state index < -0.39 is 17.6 Å². The molecule has 0 saturated carbocycles.